The Bertz CT molecular complexity index is 241. The van der Waals surface area contributed by atoms with Crippen LogP contribution in [0.15, 0.2) is 24.8 Å². The molecule has 0 spiro atoms. The van der Waals surface area contributed by atoms with Crippen LogP contribution < -0.4 is 5.73 Å². The van der Waals surface area contributed by atoms with E-state index in [2.05, 4.69) is 13.2 Å². The van der Waals surface area contributed by atoms with Gasteiger partial charge in [0.1, 0.15) is 0 Å². The molecular weight excluding hydrogens is 238 g/mol. The average Bonchev–Trinajstić information content (AvgIpc) is 2.42. The van der Waals surface area contributed by atoms with E-state index in [0.29, 0.717) is 13.2 Å². The third-order valence-corrected chi connectivity index (χ3v) is 3.30. The second-order valence-corrected chi connectivity index (χ2v) is 4.99. The van der Waals surface area contributed by atoms with Crippen LogP contribution in [0.2, 0.25) is 0 Å². The van der Waals surface area contributed by atoms with Crippen LogP contribution >= 0.6 is 0 Å². The fourth-order valence-electron chi connectivity index (χ4n) is 1.90. The molecule has 0 aromatic heterocycles. The molecule has 0 aromatic rings. The fourth-order valence-corrected chi connectivity index (χ4v) is 1.90. The SMILES string of the molecule is C=CCCCC(=C)C(CN)OCCCCC(O)CC. The summed E-state index contributed by atoms with van der Waals surface area (Å²) in [5.74, 6) is 0. The lowest BCUT2D eigenvalue weighted by Crippen LogP contribution is -2.26. The minimum atomic E-state index is -0.167. The van der Waals surface area contributed by atoms with Crippen LogP contribution in [0.5, 0.6) is 0 Å². The van der Waals surface area contributed by atoms with Crippen molar-refractivity contribution in [2.45, 2.75) is 64.1 Å². The van der Waals surface area contributed by atoms with Gasteiger partial charge in [-0.3, -0.25) is 0 Å². The molecule has 19 heavy (non-hydrogen) atoms. The van der Waals surface area contributed by atoms with Crippen LogP contribution in [0, 0.1) is 0 Å². The largest absolute Gasteiger partial charge is 0.393 e. The van der Waals surface area contributed by atoms with Crippen molar-refractivity contribution in [1.29, 1.82) is 0 Å². The predicted octanol–water partition coefficient (Wildman–Crippen LogP) is 3.18. The number of hydrogen-bond acceptors (Lipinski definition) is 3. The molecule has 0 fully saturated rings. The Labute approximate surface area is 118 Å². The Morgan fingerprint density at radius 2 is 2.11 bits per heavy atom. The van der Waals surface area contributed by atoms with Crippen molar-refractivity contribution in [2.24, 2.45) is 5.73 Å². The molecule has 0 bridgehead atoms. The number of nitrogens with two attached hydrogens (primary N) is 1. The number of allylic oxidation sites excluding steroid dienone is 1. The Hall–Kier alpha value is -0.640. The number of aliphatic hydroxyl groups is 1. The van der Waals surface area contributed by atoms with Crippen LogP contribution in [0.1, 0.15) is 51.9 Å². The molecule has 0 amide bonds. The van der Waals surface area contributed by atoms with Crippen LogP contribution in [0.4, 0.5) is 0 Å². The maximum absolute atomic E-state index is 9.44. The van der Waals surface area contributed by atoms with Crippen molar-refractivity contribution in [3.8, 4) is 0 Å². The quantitative estimate of drug-likeness (QED) is 0.399. The summed E-state index contributed by atoms with van der Waals surface area (Å²) in [7, 11) is 0. The molecule has 0 aromatic carbocycles. The number of unbranched alkanes of at least 4 members (excludes halogenated alkanes) is 2. The molecule has 2 atom stereocenters. The number of aliphatic hydroxyl groups excluding tert-OH is 1. The van der Waals surface area contributed by atoms with E-state index in [-0.39, 0.29) is 12.2 Å². The molecule has 3 nitrogen and oxygen atoms in total. The van der Waals surface area contributed by atoms with Crippen LogP contribution in [0.25, 0.3) is 0 Å². The van der Waals surface area contributed by atoms with Gasteiger partial charge in [-0.15, -0.1) is 6.58 Å². The third kappa shape index (κ3) is 9.88. The zero-order valence-electron chi connectivity index (χ0n) is 12.4. The Balaban J connectivity index is 3.68. The van der Waals surface area contributed by atoms with E-state index in [1.807, 2.05) is 13.0 Å². The van der Waals surface area contributed by atoms with E-state index in [0.717, 1.165) is 50.5 Å². The first-order chi connectivity index (χ1) is 9.15. The lowest BCUT2D eigenvalue weighted by Gasteiger charge is -2.18. The van der Waals surface area contributed by atoms with Crippen LogP contribution in [0.3, 0.4) is 0 Å². The monoisotopic (exact) mass is 269 g/mol. The van der Waals surface area contributed by atoms with Crippen molar-refractivity contribution in [3.05, 3.63) is 24.8 Å². The van der Waals surface area contributed by atoms with E-state index < -0.39 is 0 Å². The highest BCUT2D eigenvalue weighted by Crippen LogP contribution is 2.13. The summed E-state index contributed by atoms with van der Waals surface area (Å²) in [5.41, 5.74) is 6.80. The summed E-state index contributed by atoms with van der Waals surface area (Å²) in [6, 6.07) is 0. The minimum absolute atomic E-state index is 0.0269. The standard InChI is InChI=1S/C16H31NO2/c1-4-6-7-10-14(3)16(13-17)19-12-9-8-11-15(18)5-2/h4,15-16,18H,1,3,5-13,17H2,2H3. The summed E-state index contributed by atoms with van der Waals surface area (Å²) in [4.78, 5) is 0. The maximum atomic E-state index is 9.44. The van der Waals surface area contributed by atoms with Crippen molar-refractivity contribution < 1.29 is 9.84 Å². The number of rotatable bonds is 13. The summed E-state index contributed by atoms with van der Waals surface area (Å²) >= 11 is 0. The van der Waals surface area contributed by atoms with Gasteiger partial charge in [-0.25, -0.2) is 0 Å². The van der Waals surface area contributed by atoms with Gasteiger partial charge in [0.05, 0.1) is 12.2 Å². The van der Waals surface area contributed by atoms with Gasteiger partial charge in [0, 0.05) is 13.2 Å². The van der Waals surface area contributed by atoms with E-state index in [4.69, 9.17) is 10.5 Å². The molecule has 0 aliphatic carbocycles. The smallest absolute Gasteiger partial charge is 0.0904 e. The molecule has 3 heteroatoms. The van der Waals surface area contributed by atoms with Crippen molar-refractivity contribution in [2.75, 3.05) is 13.2 Å². The van der Waals surface area contributed by atoms with Gasteiger partial charge in [-0.2, -0.15) is 0 Å². The first-order valence-electron chi connectivity index (χ1n) is 7.43. The van der Waals surface area contributed by atoms with Gasteiger partial charge in [0.2, 0.25) is 0 Å². The molecule has 0 aliphatic rings. The lowest BCUT2D eigenvalue weighted by molar-refractivity contribution is 0.0743. The van der Waals surface area contributed by atoms with Gasteiger partial charge in [-0.1, -0.05) is 19.6 Å². The molecule has 0 radical (unpaired) electrons. The van der Waals surface area contributed by atoms with Gasteiger partial charge in [0.15, 0.2) is 0 Å². The highest BCUT2D eigenvalue weighted by molar-refractivity contribution is 5.03. The zero-order valence-corrected chi connectivity index (χ0v) is 12.4. The maximum Gasteiger partial charge on any atom is 0.0904 e. The second kappa shape index (κ2) is 12.4. The first kappa shape index (κ1) is 18.4. The highest BCUT2D eigenvalue weighted by Gasteiger charge is 2.10. The summed E-state index contributed by atoms with van der Waals surface area (Å²) in [6.07, 6.45) is 8.38. The topological polar surface area (TPSA) is 55.5 Å². The molecule has 0 aliphatic heterocycles. The molecule has 0 rings (SSSR count). The van der Waals surface area contributed by atoms with E-state index in [9.17, 15) is 5.11 Å². The third-order valence-electron chi connectivity index (χ3n) is 3.30. The summed E-state index contributed by atoms with van der Waals surface area (Å²) < 4.78 is 5.77. The molecule has 2 unspecified atom stereocenters. The Morgan fingerprint density at radius 1 is 1.37 bits per heavy atom. The van der Waals surface area contributed by atoms with Gasteiger partial charge in [-0.05, 0) is 50.5 Å². The van der Waals surface area contributed by atoms with Crippen LogP contribution in [-0.4, -0.2) is 30.5 Å². The summed E-state index contributed by atoms with van der Waals surface area (Å²) in [5, 5.41) is 9.44. The van der Waals surface area contributed by atoms with Gasteiger partial charge < -0.3 is 15.6 Å². The van der Waals surface area contributed by atoms with E-state index >= 15 is 0 Å². The molecule has 112 valence electrons. The molecule has 3 N–H and O–H groups in total. The Kier molecular flexibility index (Phi) is 12.0. The van der Waals surface area contributed by atoms with Crippen molar-refractivity contribution in [1.82, 2.24) is 0 Å². The Morgan fingerprint density at radius 3 is 2.68 bits per heavy atom. The van der Waals surface area contributed by atoms with Gasteiger partial charge >= 0.3 is 0 Å². The average molecular weight is 269 g/mol. The number of hydrogen-bond donors (Lipinski definition) is 2. The van der Waals surface area contributed by atoms with Crippen molar-refractivity contribution >= 4 is 0 Å². The zero-order chi connectivity index (χ0) is 14.5. The molecule has 0 saturated carbocycles. The first-order valence-corrected chi connectivity index (χ1v) is 7.43. The predicted molar refractivity (Wildman–Crippen MR) is 82.1 cm³/mol. The summed E-state index contributed by atoms with van der Waals surface area (Å²) in [6.45, 7) is 10.9. The minimum Gasteiger partial charge on any atom is -0.393 e. The molecular formula is C16H31NO2. The molecule has 0 heterocycles. The second-order valence-electron chi connectivity index (χ2n) is 4.99. The van der Waals surface area contributed by atoms with Crippen molar-refractivity contribution in [3.63, 3.8) is 0 Å². The fraction of sp³-hybridized carbons (Fsp3) is 0.750. The lowest BCUT2D eigenvalue weighted by atomic mass is 10.0. The van der Waals surface area contributed by atoms with E-state index in [1.165, 1.54) is 0 Å². The highest BCUT2D eigenvalue weighted by atomic mass is 16.5. The molecule has 0 saturated heterocycles. The number of ether oxygens (including phenoxy) is 1. The normalized spacial score (nSPS) is 14.1. The van der Waals surface area contributed by atoms with E-state index in [1.54, 1.807) is 0 Å². The van der Waals surface area contributed by atoms with Crippen LogP contribution in [-0.2, 0) is 4.74 Å². The van der Waals surface area contributed by atoms with Gasteiger partial charge in [0.25, 0.3) is 0 Å².